The van der Waals surface area contributed by atoms with E-state index in [0.29, 0.717) is 45.4 Å². The minimum absolute atomic E-state index is 0.0655. The van der Waals surface area contributed by atoms with Gasteiger partial charge in [-0.3, -0.25) is 9.69 Å². The summed E-state index contributed by atoms with van der Waals surface area (Å²) in [4.78, 5) is 30.7. The number of aromatic nitrogens is 2. The first-order valence-electron chi connectivity index (χ1n) is 16.5. The molecule has 12 heteroatoms. The predicted octanol–water partition coefficient (Wildman–Crippen LogP) is 3.99. The van der Waals surface area contributed by atoms with Crippen molar-refractivity contribution in [3.8, 4) is 12.1 Å². The van der Waals surface area contributed by atoms with E-state index >= 15 is 0 Å². The number of anilines is 2. The monoisotopic (exact) mass is 671 g/mol. The SMILES string of the molecule is COC/C=C/C(=O)N1CCN(c2nc(OC[C@H]3C[C@@H](OC)CN3C)nc3c2CCN(c2cccc4cccc(C)c24)C3)C[C@@]1(S)CC#N. The van der Waals surface area contributed by atoms with Crippen molar-refractivity contribution in [1.29, 1.82) is 5.26 Å². The summed E-state index contributed by atoms with van der Waals surface area (Å²) in [5, 5.41) is 12.3. The zero-order valence-electron chi connectivity index (χ0n) is 28.3. The van der Waals surface area contributed by atoms with Crippen molar-refractivity contribution in [2.24, 2.45) is 0 Å². The Morgan fingerprint density at radius 3 is 2.71 bits per heavy atom. The predicted molar refractivity (Wildman–Crippen MR) is 190 cm³/mol. The number of nitriles is 1. The smallest absolute Gasteiger partial charge is 0.318 e. The molecule has 3 aliphatic heterocycles. The van der Waals surface area contributed by atoms with E-state index in [9.17, 15) is 10.1 Å². The fourth-order valence-corrected chi connectivity index (χ4v) is 7.70. The van der Waals surface area contributed by atoms with Crippen LogP contribution in [0.1, 0.15) is 29.7 Å². The molecule has 4 heterocycles. The Labute approximate surface area is 288 Å². The topological polar surface area (TPSA) is 107 Å². The summed E-state index contributed by atoms with van der Waals surface area (Å²) in [6.07, 6.45) is 5.04. The molecular formula is C36H45N7O4S. The van der Waals surface area contributed by atoms with Crippen LogP contribution in [0.2, 0.25) is 0 Å². The summed E-state index contributed by atoms with van der Waals surface area (Å²) in [6.45, 7) is 6.46. The van der Waals surface area contributed by atoms with Crippen molar-refractivity contribution >= 4 is 40.8 Å². The van der Waals surface area contributed by atoms with Crippen LogP contribution in [0.15, 0.2) is 48.6 Å². The number of likely N-dealkylation sites (tertiary alicyclic amines) is 1. The summed E-state index contributed by atoms with van der Waals surface area (Å²) in [7, 11) is 5.42. The molecule has 1 amide bonds. The van der Waals surface area contributed by atoms with E-state index < -0.39 is 4.87 Å². The first-order chi connectivity index (χ1) is 23.2. The number of amides is 1. The molecule has 3 aliphatic rings. The maximum Gasteiger partial charge on any atom is 0.318 e. The van der Waals surface area contributed by atoms with Gasteiger partial charge in [0.05, 0.1) is 44.0 Å². The van der Waals surface area contributed by atoms with Gasteiger partial charge in [0.2, 0.25) is 5.91 Å². The molecule has 0 saturated carbocycles. The van der Waals surface area contributed by atoms with Crippen LogP contribution in [0.3, 0.4) is 0 Å². The Morgan fingerprint density at radius 1 is 1.15 bits per heavy atom. The number of piperazine rings is 1. The van der Waals surface area contributed by atoms with Gasteiger partial charge in [-0.05, 0) is 43.8 Å². The van der Waals surface area contributed by atoms with Crippen LogP contribution in [0, 0.1) is 18.3 Å². The van der Waals surface area contributed by atoms with E-state index in [1.807, 2.05) is 0 Å². The lowest BCUT2D eigenvalue weighted by molar-refractivity contribution is -0.129. The van der Waals surface area contributed by atoms with E-state index in [2.05, 4.69) is 71.1 Å². The van der Waals surface area contributed by atoms with Gasteiger partial charge < -0.3 is 28.9 Å². The Morgan fingerprint density at radius 2 is 1.96 bits per heavy atom. The van der Waals surface area contributed by atoms with Crippen molar-refractivity contribution in [3.63, 3.8) is 0 Å². The minimum atomic E-state index is -1.01. The summed E-state index contributed by atoms with van der Waals surface area (Å²) in [6, 6.07) is 15.7. The molecule has 0 radical (unpaired) electrons. The number of rotatable bonds is 10. The molecule has 3 aromatic rings. The van der Waals surface area contributed by atoms with Crippen molar-refractivity contribution in [2.45, 2.75) is 49.7 Å². The number of likely N-dealkylation sites (N-methyl/N-ethyl adjacent to an activating group) is 1. The third-order valence-corrected chi connectivity index (χ3v) is 10.4. The van der Waals surface area contributed by atoms with Crippen LogP contribution in [0.4, 0.5) is 11.5 Å². The highest BCUT2D eigenvalue weighted by atomic mass is 32.1. The number of hydrogen-bond acceptors (Lipinski definition) is 11. The number of carbonyl (C=O) groups excluding carboxylic acids is 1. The maximum absolute atomic E-state index is 13.2. The molecule has 2 fully saturated rings. The Hall–Kier alpha value is -3.89. The van der Waals surface area contributed by atoms with Gasteiger partial charge in [-0.2, -0.15) is 15.2 Å². The second-order valence-electron chi connectivity index (χ2n) is 13.0. The van der Waals surface area contributed by atoms with E-state index in [0.717, 1.165) is 43.0 Å². The molecule has 0 aliphatic carbocycles. The highest BCUT2D eigenvalue weighted by Gasteiger charge is 2.42. The first-order valence-corrected chi connectivity index (χ1v) is 17.0. The number of hydrogen-bond donors (Lipinski definition) is 1. The molecule has 2 aromatic carbocycles. The standard InChI is InChI=1S/C36H45N7O4S/c1-25-8-5-9-26-10-6-11-31(33(25)26)41-16-13-29-30(22-41)38-35(47-23-27-20-28(46-4)21-40(27)2)39-34(29)42-17-18-43(32(44)12-7-19-45-3)36(48,24-42)14-15-37/h5-12,27-28,48H,13-14,16-24H2,1-4H3/b12-7+/t27-,28-,36+/m1/s1. The lowest BCUT2D eigenvalue weighted by atomic mass is 9.99. The minimum Gasteiger partial charge on any atom is -0.462 e. The Kier molecular flexibility index (Phi) is 10.4. The number of benzene rings is 2. The third kappa shape index (κ3) is 6.96. The molecule has 11 nitrogen and oxygen atoms in total. The van der Waals surface area contributed by atoms with Crippen LogP contribution in [-0.4, -0.2) is 110 Å². The fraction of sp³-hybridized carbons (Fsp3) is 0.500. The van der Waals surface area contributed by atoms with Crippen molar-refractivity contribution in [3.05, 3.63) is 65.4 Å². The van der Waals surface area contributed by atoms with Gasteiger partial charge >= 0.3 is 6.01 Å². The number of thiol groups is 1. The van der Waals surface area contributed by atoms with Crippen molar-refractivity contribution in [2.75, 3.05) is 77.0 Å². The van der Waals surface area contributed by atoms with Crippen molar-refractivity contribution in [1.82, 2.24) is 19.8 Å². The van der Waals surface area contributed by atoms with Gasteiger partial charge in [0.25, 0.3) is 0 Å². The molecule has 0 N–H and O–H groups in total. The van der Waals surface area contributed by atoms with Crippen LogP contribution in [0.5, 0.6) is 6.01 Å². The molecule has 0 unspecified atom stereocenters. The van der Waals surface area contributed by atoms with Crippen LogP contribution < -0.4 is 14.5 Å². The lowest BCUT2D eigenvalue weighted by Crippen LogP contribution is -2.61. The average molecular weight is 672 g/mol. The molecule has 254 valence electrons. The molecule has 48 heavy (non-hydrogen) atoms. The van der Waals surface area contributed by atoms with Gasteiger partial charge in [0.1, 0.15) is 17.3 Å². The van der Waals surface area contributed by atoms with E-state index in [1.54, 1.807) is 25.2 Å². The summed E-state index contributed by atoms with van der Waals surface area (Å²) in [5.74, 6) is 0.596. The number of ether oxygens (including phenoxy) is 3. The first kappa shape index (κ1) is 34.0. The van der Waals surface area contributed by atoms with Gasteiger partial charge in [0, 0.05) is 69.2 Å². The van der Waals surface area contributed by atoms with Gasteiger partial charge in [-0.25, -0.2) is 0 Å². The number of methoxy groups -OCH3 is 2. The largest absolute Gasteiger partial charge is 0.462 e. The van der Waals surface area contributed by atoms with Gasteiger partial charge in [0.15, 0.2) is 0 Å². The molecular weight excluding hydrogens is 627 g/mol. The van der Waals surface area contributed by atoms with Gasteiger partial charge in [-0.1, -0.05) is 36.4 Å². The zero-order chi connectivity index (χ0) is 33.8. The summed E-state index contributed by atoms with van der Waals surface area (Å²) >= 11 is 4.98. The Bertz CT molecular complexity index is 1710. The number of nitrogens with zero attached hydrogens (tertiary/aromatic N) is 7. The van der Waals surface area contributed by atoms with E-state index in [-0.39, 0.29) is 24.5 Å². The summed E-state index contributed by atoms with van der Waals surface area (Å²) < 4.78 is 17.1. The van der Waals surface area contributed by atoms with E-state index in [1.165, 1.54) is 28.1 Å². The number of carbonyl (C=O) groups is 1. The summed E-state index contributed by atoms with van der Waals surface area (Å²) in [5.41, 5.74) is 4.42. The maximum atomic E-state index is 13.2. The zero-order valence-corrected chi connectivity index (χ0v) is 29.2. The van der Waals surface area contributed by atoms with Crippen LogP contribution in [-0.2, 0) is 27.2 Å². The molecule has 1 aromatic heterocycles. The quantitative estimate of drug-likeness (QED) is 0.251. The third-order valence-electron chi connectivity index (χ3n) is 9.83. The van der Waals surface area contributed by atoms with Gasteiger partial charge in [-0.15, -0.1) is 12.6 Å². The van der Waals surface area contributed by atoms with Crippen LogP contribution in [0.25, 0.3) is 10.8 Å². The fourth-order valence-electron chi connectivity index (χ4n) is 7.26. The highest BCUT2D eigenvalue weighted by Crippen LogP contribution is 2.38. The Balaban J connectivity index is 1.33. The van der Waals surface area contributed by atoms with Crippen LogP contribution >= 0.6 is 12.6 Å². The molecule has 0 bridgehead atoms. The van der Waals surface area contributed by atoms with E-state index in [4.69, 9.17) is 36.8 Å². The lowest BCUT2D eigenvalue weighted by Gasteiger charge is -2.48. The number of fused-ring (bicyclic) bond motifs is 2. The number of aryl methyl sites for hydroxylation is 1. The average Bonchev–Trinajstić information content (AvgIpc) is 3.45. The molecule has 3 atom stereocenters. The van der Waals surface area contributed by atoms with Crippen molar-refractivity contribution < 1.29 is 19.0 Å². The second kappa shape index (κ2) is 14.7. The molecule has 0 spiro atoms. The molecule has 2 saturated heterocycles. The molecule has 6 rings (SSSR count). The highest BCUT2D eigenvalue weighted by molar-refractivity contribution is 7.81. The second-order valence-corrected chi connectivity index (χ2v) is 13.8. The normalized spacial score (nSPS) is 23.1.